The highest BCUT2D eigenvalue weighted by Crippen LogP contribution is 2.17. The number of anilines is 2. The summed E-state index contributed by atoms with van der Waals surface area (Å²) in [6.07, 6.45) is 4.85. The predicted molar refractivity (Wildman–Crippen MR) is 107 cm³/mol. The number of nitrogens with zero attached hydrogens (tertiary/aromatic N) is 2. The Bertz CT molecular complexity index is 1010. The van der Waals surface area contributed by atoms with Gasteiger partial charge in [0.05, 0.1) is 4.90 Å². The summed E-state index contributed by atoms with van der Waals surface area (Å²) in [5.74, 6) is -0.111. The first-order valence-electron chi connectivity index (χ1n) is 8.77. The molecule has 0 radical (unpaired) electrons. The molecule has 1 aromatic heterocycles. The number of carbonyl (C=O) groups is 1. The van der Waals surface area contributed by atoms with Crippen molar-refractivity contribution in [3.8, 4) is 0 Å². The fourth-order valence-electron chi connectivity index (χ4n) is 2.57. The van der Waals surface area contributed by atoms with Gasteiger partial charge in [-0.05, 0) is 48.7 Å². The molecule has 1 amide bonds. The lowest BCUT2D eigenvalue weighted by Crippen LogP contribution is -2.15. The van der Waals surface area contributed by atoms with E-state index in [9.17, 15) is 13.2 Å². The fraction of sp³-hybridized carbons (Fsp3) is 0.150. The van der Waals surface area contributed by atoms with Crippen LogP contribution in [0.1, 0.15) is 18.4 Å². The second-order valence-corrected chi connectivity index (χ2v) is 7.77. The number of amides is 1. The van der Waals surface area contributed by atoms with Gasteiger partial charge in [-0.1, -0.05) is 30.3 Å². The van der Waals surface area contributed by atoms with Crippen molar-refractivity contribution in [2.45, 2.75) is 24.2 Å². The molecule has 28 heavy (non-hydrogen) atoms. The Kier molecular flexibility index (Phi) is 6.33. The topological polar surface area (TPSA) is 101 Å². The molecule has 2 aromatic carbocycles. The average Bonchev–Trinajstić information content (AvgIpc) is 2.70. The zero-order valence-corrected chi connectivity index (χ0v) is 15.9. The van der Waals surface area contributed by atoms with E-state index in [1.807, 2.05) is 30.3 Å². The Labute approximate surface area is 163 Å². The second-order valence-electron chi connectivity index (χ2n) is 6.09. The minimum Gasteiger partial charge on any atom is -0.326 e. The summed E-state index contributed by atoms with van der Waals surface area (Å²) < 4.78 is 27.0. The molecule has 0 aliphatic rings. The van der Waals surface area contributed by atoms with Gasteiger partial charge in [-0.15, -0.1) is 0 Å². The first-order chi connectivity index (χ1) is 13.5. The lowest BCUT2D eigenvalue weighted by molar-refractivity contribution is -0.116. The normalized spacial score (nSPS) is 11.0. The molecular weight excluding hydrogens is 376 g/mol. The number of hydrogen-bond acceptors (Lipinski definition) is 5. The minimum atomic E-state index is -3.79. The highest BCUT2D eigenvalue weighted by atomic mass is 32.2. The molecule has 3 aromatic rings. The van der Waals surface area contributed by atoms with Crippen molar-refractivity contribution in [1.82, 2.24) is 9.97 Å². The molecule has 1 heterocycles. The van der Waals surface area contributed by atoms with Crippen LogP contribution >= 0.6 is 0 Å². The molecule has 0 bridgehead atoms. The maximum atomic E-state index is 12.3. The van der Waals surface area contributed by atoms with E-state index in [0.717, 1.165) is 12.8 Å². The average molecular weight is 396 g/mol. The number of nitrogens with one attached hydrogen (secondary N) is 2. The van der Waals surface area contributed by atoms with E-state index in [4.69, 9.17) is 0 Å². The number of aromatic nitrogens is 2. The molecule has 7 nitrogen and oxygen atoms in total. The van der Waals surface area contributed by atoms with Gasteiger partial charge in [-0.3, -0.25) is 4.79 Å². The maximum Gasteiger partial charge on any atom is 0.264 e. The van der Waals surface area contributed by atoms with E-state index >= 15 is 0 Å². The van der Waals surface area contributed by atoms with Crippen molar-refractivity contribution < 1.29 is 13.2 Å². The van der Waals surface area contributed by atoms with Gasteiger partial charge in [0.2, 0.25) is 11.9 Å². The molecule has 0 spiro atoms. The number of hydrogen-bond donors (Lipinski definition) is 2. The highest BCUT2D eigenvalue weighted by molar-refractivity contribution is 7.92. The van der Waals surface area contributed by atoms with Gasteiger partial charge in [0, 0.05) is 24.5 Å². The summed E-state index contributed by atoms with van der Waals surface area (Å²) in [5, 5.41) is 2.78. The van der Waals surface area contributed by atoms with Crippen molar-refractivity contribution in [3.63, 3.8) is 0 Å². The Balaban J connectivity index is 1.53. The molecule has 0 aliphatic carbocycles. The molecule has 3 rings (SSSR count). The molecule has 0 saturated carbocycles. The molecule has 0 fully saturated rings. The van der Waals surface area contributed by atoms with Crippen molar-refractivity contribution in [2.24, 2.45) is 0 Å². The monoisotopic (exact) mass is 396 g/mol. The Morgan fingerprint density at radius 2 is 1.57 bits per heavy atom. The van der Waals surface area contributed by atoms with Gasteiger partial charge in [0.25, 0.3) is 10.0 Å². The van der Waals surface area contributed by atoms with Gasteiger partial charge in [-0.2, -0.15) is 0 Å². The van der Waals surface area contributed by atoms with E-state index in [-0.39, 0.29) is 16.8 Å². The summed E-state index contributed by atoms with van der Waals surface area (Å²) in [7, 11) is -3.79. The number of rotatable bonds is 8. The van der Waals surface area contributed by atoms with E-state index in [1.54, 1.807) is 18.2 Å². The summed E-state index contributed by atoms with van der Waals surface area (Å²) in [6.45, 7) is 0. The maximum absolute atomic E-state index is 12.3. The number of benzene rings is 2. The smallest absolute Gasteiger partial charge is 0.264 e. The summed E-state index contributed by atoms with van der Waals surface area (Å²) in [5.41, 5.74) is 1.74. The van der Waals surface area contributed by atoms with Gasteiger partial charge >= 0.3 is 0 Å². The fourth-order valence-corrected chi connectivity index (χ4v) is 3.53. The van der Waals surface area contributed by atoms with E-state index in [0.29, 0.717) is 12.1 Å². The standard InChI is InChI=1S/C20H20N4O3S/c25-19(9-4-8-16-6-2-1-3-7-16)23-17-10-12-18(13-11-17)28(26,27)24-20-21-14-5-15-22-20/h1-3,5-7,10-15H,4,8-9H2,(H,23,25)(H,21,22,24). The number of sulfonamides is 1. The van der Waals surface area contributed by atoms with Gasteiger partial charge < -0.3 is 5.32 Å². The zero-order valence-electron chi connectivity index (χ0n) is 15.1. The van der Waals surface area contributed by atoms with Crippen LogP contribution in [0.5, 0.6) is 0 Å². The van der Waals surface area contributed by atoms with Crippen LogP contribution in [0.3, 0.4) is 0 Å². The molecule has 0 aliphatic heterocycles. The van der Waals surface area contributed by atoms with Crippen molar-refractivity contribution >= 4 is 27.6 Å². The second kappa shape index (κ2) is 9.09. The lowest BCUT2D eigenvalue weighted by Gasteiger charge is -2.08. The van der Waals surface area contributed by atoms with E-state index in [2.05, 4.69) is 20.0 Å². The largest absolute Gasteiger partial charge is 0.326 e. The number of aryl methyl sites for hydroxylation is 1. The SMILES string of the molecule is O=C(CCCc1ccccc1)Nc1ccc(S(=O)(=O)Nc2ncccn2)cc1. The molecular formula is C20H20N4O3S. The first-order valence-corrected chi connectivity index (χ1v) is 10.2. The van der Waals surface area contributed by atoms with Crippen LogP contribution in [-0.2, 0) is 21.2 Å². The molecule has 0 atom stereocenters. The highest BCUT2D eigenvalue weighted by Gasteiger charge is 2.15. The predicted octanol–water partition coefficient (Wildman–Crippen LogP) is 3.24. The summed E-state index contributed by atoms with van der Waals surface area (Å²) in [4.78, 5) is 19.8. The van der Waals surface area contributed by atoms with Gasteiger partial charge in [0.1, 0.15) is 0 Å². The lowest BCUT2D eigenvalue weighted by atomic mass is 10.1. The van der Waals surface area contributed by atoms with Gasteiger partial charge in [-0.25, -0.2) is 23.1 Å². The Hall–Kier alpha value is -3.26. The Morgan fingerprint density at radius 3 is 2.25 bits per heavy atom. The molecule has 8 heteroatoms. The zero-order chi connectivity index (χ0) is 19.8. The van der Waals surface area contributed by atoms with Crippen molar-refractivity contribution in [2.75, 3.05) is 10.0 Å². The van der Waals surface area contributed by atoms with Crippen LogP contribution < -0.4 is 10.0 Å². The van der Waals surface area contributed by atoms with E-state index < -0.39 is 10.0 Å². The molecule has 0 unspecified atom stereocenters. The first kappa shape index (κ1) is 19.5. The molecule has 2 N–H and O–H groups in total. The quantitative estimate of drug-likeness (QED) is 0.609. The summed E-state index contributed by atoms with van der Waals surface area (Å²) >= 11 is 0. The Morgan fingerprint density at radius 1 is 0.893 bits per heavy atom. The van der Waals surface area contributed by atoms with Crippen LogP contribution in [0, 0.1) is 0 Å². The van der Waals surface area contributed by atoms with Crippen LogP contribution in [0.4, 0.5) is 11.6 Å². The van der Waals surface area contributed by atoms with Crippen LogP contribution in [0.2, 0.25) is 0 Å². The number of carbonyl (C=O) groups excluding carboxylic acids is 1. The van der Waals surface area contributed by atoms with Crippen molar-refractivity contribution in [1.29, 1.82) is 0 Å². The van der Waals surface area contributed by atoms with Crippen LogP contribution in [0.15, 0.2) is 78.0 Å². The summed E-state index contributed by atoms with van der Waals surface area (Å²) in [6, 6.07) is 17.5. The van der Waals surface area contributed by atoms with Gasteiger partial charge in [0.15, 0.2) is 0 Å². The minimum absolute atomic E-state index is 0.00158. The molecule has 0 saturated heterocycles. The van der Waals surface area contributed by atoms with Crippen LogP contribution in [-0.4, -0.2) is 24.3 Å². The van der Waals surface area contributed by atoms with Crippen LogP contribution in [0.25, 0.3) is 0 Å². The van der Waals surface area contributed by atoms with Crippen molar-refractivity contribution in [3.05, 3.63) is 78.6 Å². The third kappa shape index (κ3) is 5.62. The molecule has 144 valence electrons. The third-order valence-electron chi connectivity index (χ3n) is 3.95. The van der Waals surface area contributed by atoms with E-state index in [1.165, 1.54) is 30.1 Å². The third-order valence-corrected chi connectivity index (χ3v) is 5.30.